The summed E-state index contributed by atoms with van der Waals surface area (Å²) >= 11 is 1.28. The average Bonchev–Trinajstić information content (AvgIpc) is 2.65. The van der Waals surface area contributed by atoms with E-state index < -0.39 is 0 Å². The topological polar surface area (TPSA) is 56.3 Å². The van der Waals surface area contributed by atoms with Crippen molar-refractivity contribution in [1.82, 2.24) is 4.98 Å². The molecule has 0 aromatic carbocycles. The van der Waals surface area contributed by atoms with Gasteiger partial charge in [0.1, 0.15) is 0 Å². The maximum Gasteiger partial charge on any atom is 0.311 e. The second-order valence-corrected chi connectivity index (χ2v) is 4.50. The molecule has 16 heavy (non-hydrogen) atoms. The predicted octanol–water partition coefficient (Wildman–Crippen LogP) is 2.09. The Morgan fingerprint density at radius 3 is 2.75 bits per heavy atom. The van der Waals surface area contributed by atoms with Crippen LogP contribution in [0, 0.1) is 5.92 Å². The minimum Gasteiger partial charge on any atom is -0.466 e. The largest absolute Gasteiger partial charge is 0.466 e. The lowest BCUT2D eigenvalue weighted by Gasteiger charge is -1.99. The van der Waals surface area contributed by atoms with Gasteiger partial charge in [-0.15, -0.1) is 11.3 Å². The van der Waals surface area contributed by atoms with E-state index in [4.69, 9.17) is 4.74 Å². The van der Waals surface area contributed by atoms with Crippen LogP contribution >= 0.6 is 11.3 Å². The smallest absolute Gasteiger partial charge is 0.311 e. The number of ketones is 1. The minimum atomic E-state index is -0.309. The summed E-state index contributed by atoms with van der Waals surface area (Å²) < 4.78 is 4.80. The third kappa shape index (κ3) is 3.41. The van der Waals surface area contributed by atoms with Crippen molar-refractivity contribution < 1.29 is 14.3 Å². The van der Waals surface area contributed by atoms with Crippen LogP contribution in [0.1, 0.15) is 36.3 Å². The number of aromatic nitrogens is 1. The molecular formula is C11H15NO3S. The van der Waals surface area contributed by atoms with Crippen LogP contribution in [0.3, 0.4) is 0 Å². The number of esters is 1. The highest BCUT2D eigenvalue weighted by Gasteiger charge is 2.16. The lowest BCUT2D eigenvalue weighted by molar-refractivity contribution is -0.142. The van der Waals surface area contributed by atoms with Crippen LogP contribution in [-0.4, -0.2) is 23.3 Å². The molecule has 0 bridgehead atoms. The molecule has 0 spiro atoms. The highest BCUT2D eigenvalue weighted by molar-refractivity contribution is 7.11. The van der Waals surface area contributed by atoms with Gasteiger partial charge in [0.25, 0.3) is 0 Å². The number of hydrogen-bond donors (Lipinski definition) is 0. The molecule has 1 rings (SSSR count). The fraction of sp³-hybridized carbons (Fsp3) is 0.545. The Bertz CT molecular complexity index is 384. The standard InChI is InChI=1S/C11H15NO3S/c1-4-15-9(13)5-8-6-16-11(12-8)10(14)7(2)3/h6-7H,4-5H2,1-3H3. The van der Waals surface area contributed by atoms with Gasteiger partial charge in [0.15, 0.2) is 10.8 Å². The molecule has 0 saturated heterocycles. The van der Waals surface area contributed by atoms with Crippen LogP contribution in [0.25, 0.3) is 0 Å². The van der Waals surface area contributed by atoms with Crippen LogP contribution in [0.2, 0.25) is 0 Å². The Hall–Kier alpha value is -1.23. The molecule has 0 aliphatic rings. The highest BCUT2D eigenvalue weighted by Crippen LogP contribution is 2.15. The third-order valence-corrected chi connectivity index (χ3v) is 2.82. The van der Waals surface area contributed by atoms with E-state index in [1.54, 1.807) is 12.3 Å². The number of Topliss-reactive ketones (excluding diaryl/α,β-unsaturated/α-hetero) is 1. The fourth-order valence-electron chi connectivity index (χ4n) is 1.11. The summed E-state index contributed by atoms with van der Waals surface area (Å²) in [6.07, 6.45) is 0.135. The number of thiazole rings is 1. The molecule has 0 aliphatic carbocycles. The summed E-state index contributed by atoms with van der Waals surface area (Å²) in [5, 5.41) is 2.20. The summed E-state index contributed by atoms with van der Waals surface area (Å²) in [6, 6.07) is 0. The molecule has 0 N–H and O–H groups in total. The Balaban J connectivity index is 2.65. The lowest BCUT2D eigenvalue weighted by atomic mass is 10.1. The average molecular weight is 241 g/mol. The molecule has 1 aromatic rings. The SMILES string of the molecule is CCOC(=O)Cc1csc(C(=O)C(C)C)n1. The van der Waals surface area contributed by atoms with Crippen LogP contribution in [-0.2, 0) is 16.0 Å². The Morgan fingerprint density at radius 2 is 2.19 bits per heavy atom. The maximum absolute atomic E-state index is 11.6. The van der Waals surface area contributed by atoms with Gasteiger partial charge in [-0.1, -0.05) is 13.8 Å². The van der Waals surface area contributed by atoms with Gasteiger partial charge in [0, 0.05) is 11.3 Å². The Labute approximate surface area is 98.6 Å². The van der Waals surface area contributed by atoms with Crippen LogP contribution in [0.5, 0.6) is 0 Å². The van der Waals surface area contributed by atoms with Crippen molar-refractivity contribution in [2.45, 2.75) is 27.2 Å². The van der Waals surface area contributed by atoms with Crippen molar-refractivity contribution in [3.8, 4) is 0 Å². The third-order valence-electron chi connectivity index (χ3n) is 1.92. The maximum atomic E-state index is 11.6. The monoisotopic (exact) mass is 241 g/mol. The zero-order chi connectivity index (χ0) is 12.1. The van der Waals surface area contributed by atoms with E-state index >= 15 is 0 Å². The van der Waals surface area contributed by atoms with Crippen molar-refractivity contribution in [3.63, 3.8) is 0 Å². The lowest BCUT2D eigenvalue weighted by Crippen LogP contribution is -2.09. The number of carbonyl (C=O) groups is 2. The van der Waals surface area contributed by atoms with Crippen molar-refractivity contribution >= 4 is 23.1 Å². The van der Waals surface area contributed by atoms with Crippen LogP contribution in [0.4, 0.5) is 0 Å². The van der Waals surface area contributed by atoms with E-state index in [1.165, 1.54) is 11.3 Å². The number of ether oxygens (including phenoxy) is 1. The van der Waals surface area contributed by atoms with Gasteiger partial charge in [-0.05, 0) is 6.92 Å². The summed E-state index contributed by atoms with van der Waals surface area (Å²) in [7, 11) is 0. The first-order valence-electron chi connectivity index (χ1n) is 5.18. The number of hydrogen-bond acceptors (Lipinski definition) is 5. The quantitative estimate of drug-likeness (QED) is 0.585. The first-order chi connectivity index (χ1) is 7.54. The minimum absolute atomic E-state index is 0.0140. The molecule has 0 atom stereocenters. The van der Waals surface area contributed by atoms with Crippen LogP contribution in [0.15, 0.2) is 5.38 Å². The van der Waals surface area contributed by atoms with Crippen molar-refractivity contribution in [2.75, 3.05) is 6.61 Å². The summed E-state index contributed by atoms with van der Waals surface area (Å²) in [5.74, 6) is -0.363. The molecule has 0 fully saturated rings. The molecule has 0 aliphatic heterocycles. The highest BCUT2D eigenvalue weighted by atomic mass is 32.1. The van der Waals surface area contributed by atoms with E-state index in [9.17, 15) is 9.59 Å². The Morgan fingerprint density at radius 1 is 1.50 bits per heavy atom. The molecule has 0 unspecified atom stereocenters. The number of nitrogens with zero attached hydrogens (tertiary/aromatic N) is 1. The van der Waals surface area contributed by atoms with Gasteiger partial charge in [-0.2, -0.15) is 0 Å². The van der Waals surface area contributed by atoms with E-state index in [-0.39, 0.29) is 24.1 Å². The van der Waals surface area contributed by atoms with Gasteiger partial charge >= 0.3 is 5.97 Å². The van der Waals surface area contributed by atoms with Crippen LogP contribution < -0.4 is 0 Å². The van der Waals surface area contributed by atoms with Gasteiger partial charge in [0.05, 0.1) is 18.7 Å². The second-order valence-electron chi connectivity index (χ2n) is 3.64. The predicted molar refractivity (Wildman–Crippen MR) is 61.6 cm³/mol. The molecular weight excluding hydrogens is 226 g/mol. The zero-order valence-corrected chi connectivity index (χ0v) is 10.5. The van der Waals surface area contributed by atoms with Crippen molar-refractivity contribution in [1.29, 1.82) is 0 Å². The van der Waals surface area contributed by atoms with Gasteiger partial charge in [-0.25, -0.2) is 4.98 Å². The van der Waals surface area contributed by atoms with Gasteiger partial charge < -0.3 is 4.74 Å². The zero-order valence-electron chi connectivity index (χ0n) is 9.65. The summed E-state index contributed by atoms with van der Waals surface area (Å²) in [5.41, 5.74) is 0.604. The Kier molecular flexibility index (Phi) is 4.61. The first-order valence-corrected chi connectivity index (χ1v) is 6.06. The van der Waals surface area contributed by atoms with E-state index in [2.05, 4.69) is 4.98 Å². The number of carbonyl (C=O) groups excluding carboxylic acids is 2. The van der Waals surface area contributed by atoms with Gasteiger partial charge in [-0.3, -0.25) is 9.59 Å². The fourth-order valence-corrected chi connectivity index (χ4v) is 2.01. The van der Waals surface area contributed by atoms with Crippen molar-refractivity contribution in [2.24, 2.45) is 5.92 Å². The van der Waals surface area contributed by atoms with E-state index in [0.29, 0.717) is 17.3 Å². The summed E-state index contributed by atoms with van der Waals surface area (Å²) in [4.78, 5) is 26.9. The number of rotatable bonds is 5. The first kappa shape index (κ1) is 12.8. The molecule has 4 nitrogen and oxygen atoms in total. The molecule has 0 amide bonds. The summed E-state index contributed by atoms with van der Waals surface area (Å²) in [6.45, 7) is 5.77. The van der Waals surface area contributed by atoms with E-state index in [1.807, 2.05) is 13.8 Å². The molecule has 0 saturated carbocycles. The molecule has 1 aromatic heterocycles. The molecule has 5 heteroatoms. The van der Waals surface area contributed by atoms with E-state index in [0.717, 1.165) is 0 Å². The second kappa shape index (κ2) is 5.75. The van der Waals surface area contributed by atoms with Gasteiger partial charge in [0.2, 0.25) is 0 Å². The normalized spacial score (nSPS) is 10.5. The molecule has 0 radical (unpaired) electrons. The molecule has 1 heterocycles. The molecule has 88 valence electrons. The van der Waals surface area contributed by atoms with Crippen molar-refractivity contribution in [3.05, 3.63) is 16.1 Å².